The summed E-state index contributed by atoms with van der Waals surface area (Å²) in [5.41, 5.74) is 2.30. The van der Waals surface area contributed by atoms with Gasteiger partial charge in [0.1, 0.15) is 0 Å². The van der Waals surface area contributed by atoms with Gasteiger partial charge in [-0.05, 0) is 11.8 Å². The van der Waals surface area contributed by atoms with E-state index in [9.17, 15) is 0 Å². The topological polar surface area (TPSA) is 30.2 Å². The molecule has 0 saturated carbocycles. The number of rotatable bonds is 1. The minimum Gasteiger partial charge on any atom is -0.304 e. The van der Waals surface area contributed by atoms with Crippen LogP contribution in [0.25, 0.3) is 5.65 Å². The molecule has 0 saturated heterocycles. The maximum absolute atomic E-state index is 4.38. The highest BCUT2D eigenvalue weighted by molar-refractivity contribution is 5.43. The summed E-state index contributed by atoms with van der Waals surface area (Å²) in [5, 5.41) is 0. The van der Waals surface area contributed by atoms with Gasteiger partial charge in [0.15, 0.2) is 5.65 Å². The van der Waals surface area contributed by atoms with Crippen molar-refractivity contribution in [3.8, 4) is 0 Å². The summed E-state index contributed by atoms with van der Waals surface area (Å²) in [6.45, 7) is 6.63. The van der Waals surface area contributed by atoms with E-state index in [1.807, 2.05) is 29.2 Å². The molecule has 74 valence electrons. The molecule has 0 radical (unpaired) electrons. The average Bonchev–Trinajstić information content (AvgIpc) is 2.49. The first-order valence-electron chi connectivity index (χ1n) is 4.83. The van der Waals surface area contributed by atoms with Gasteiger partial charge in [-0.3, -0.25) is 4.98 Å². The van der Waals surface area contributed by atoms with Gasteiger partial charge < -0.3 is 4.40 Å². The van der Waals surface area contributed by atoms with Crippen molar-refractivity contribution in [3.63, 3.8) is 0 Å². The first kappa shape index (κ1) is 9.19. The van der Waals surface area contributed by atoms with Crippen LogP contribution in [0.1, 0.15) is 26.5 Å². The lowest BCUT2D eigenvalue weighted by molar-refractivity contribution is 0.407. The fourth-order valence-corrected chi connectivity index (χ4v) is 1.54. The van der Waals surface area contributed by atoms with Crippen molar-refractivity contribution in [2.24, 2.45) is 5.41 Å². The Bertz CT molecular complexity index is 437. The molecule has 0 aromatic carbocycles. The van der Waals surface area contributed by atoms with E-state index < -0.39 is 0 Å². The van der Waals surface area contributed by atoms with E-state index >= 15 is 0 Å². The largest absolute Gasteiger partial charge is 0.304 e. The van der Waals surface area contributed by atoms with Crippen LogP contribution >= 0.6 is 0 Å². The number of hydrogen-bond donors (Lipinski definition) is 0. The third-order valence-electron chi connectivity index (χ3n) is 2.08. The normalized spacial score (nSPS) is 12.2. The summed E-state index contributed by atoms with van der Waals surface area (Å²) in [4.78, 5) is 8.68. The lowest BCUT2D eigenvalue weighted by atomic mass is 9.90. The van der Waals surface area contributed by atoms with Crippen LogP contribution in [0.15, 0.2) is 24.8 Å². The highest BCUT2D eigenvalue weighted by Crippen LogP contribution is 2.20. The van der Waals surface area contributed by atoms with Crippen molar-refractivity contribution < 1.29 is 0 Å². The third-order valence-corrected chi connectivity index (χ3v) is 2.08. The summed E-state index contributed by atoms with van der Waals surface area (Å²) in [5.74, 6) is 0. The molecule has 0 aliphatic carbocycles. The van der Waals surface area contributed by atoms with Crippen molar-refractivity contribution in [1.29, 1.82) is 0 Å². The molecule has 0 unspecified atom stereocenters. The first-order chi connectivity index (χ1) is 6.56. The molecule has 0 spiro atoms. The Morgan fingerprint density at radius 1 is 1.14 bits per heavy atom. The summed E-state index contributed by atoms with van der Waals surface area (Å²) < 4.78 is 2.01. The van der Waals surface area contributed by atoms with Crippen molar-refractivity contribution in [2.75, 3.05) is 0 Å². The Hall–Kier alpha value is -1.38. The lowest BCUT2D eigenvalue weighted by Gasteiger charge is -2.17. The molecule has 0 aliphatic rings. The highest BCUT2D eigenvalue weighted by Gasteiger charge is 2.14. The van der Waals surface area contributed by atoms with Gasteiger partial charge in [0, 0.05) is 24.8 Å². The van der Waals surface area contributed by atoms with E-state index in [1.54, 1.807) is 0 Å². The molecule has 0 atom stereocenters. The number of imidazole rings is 1. The summed E-state index contributed by atoms with van der Waals surface area (Å²) in [6.07, 6.45) is 8.46. The summed E-state index contributed by atoms with van der Waals surface area (Å²) in [7, 11) is 0. The predicted octanol–water partition coefficient (Wildman–Crippen LogP) is 2.32. The van der Waals surface area contributed by atoms with E-state index in [1.165, 1.54) is 0 Å². The molecule has 2 aromatic rings. The van der Waals surface area contributed by atoms with E-state index in [0.717, 1.165) is 17.8 Å². The Morgan fingerprint density at radius 3 is 2.43 bits per heavy atom. The minimum absolute atomic E-state index is 0.251. The quantitative estimate of drug-likeness (QED) is 0.689. The van der Waals surface area contributed by atoms with Gasteiger partial charge in [-0.25, -0.2) is 4.98 Å². The van der Waals surface area contributed by atoms with Crippen LogP contribution in [0.2, 0.25) is 0 Å². The Labute approximate surface area is 83.8 Å². The summed E-state index contributed by atoms with van der Waals surface area (Å²) in [6, 6.07) is 0. The number of aromatic nitrogens is 3. The lowest BCUT2D eigenvalue weighted by Crippen LogP contribution is -2.11. The zero-order valence-electron chi connectivity index (χ0n) is 8.86. The van der Waals surface area contributed by atoms with Crippen LogP contribution in [-0.2, 0) is 6.42 Å². The van der Waals surface area contributed by atoms with Crippen LogP contribution in [0.3, 0.4) is 0 Å². The third kappa shape index (κ3) is 1.76. The Morgan fingerprint density at radius 2 is 1.79 bits per heavy atom. The van der Waals surface area contributed by atoms with Gasteiger partial charge in [0.25, 0.3) is 0 Å². The van der Waals surface area contributed by atoms with Gasteiger partial charge in [-0.15, -0.1) is 0 Å². The zero-order valence-corrected chi connectivity index (χ0v) is 8.86. The van der Waals surface area contributed by atoms with Crippen molar-refractivity contribution in [1.82, 2.24) is 14.4 Å². The summed E-state index contributed by atoms with van der Waals surface area (Å²) >= 11 is 0. The van der Waals surface area contributed by atoms with Gasteiger partial charge >= 0.3 is 0 Å². The molecule has 0 amide bonds. The van der Waals surface area contributed by atoms with Crippen LogP contribution in [0.4, 0.5) is 0 Å². The highest BCUT2D eigenvalue weighted by atomic mass is 15.0. The number of fused-ring (bicyclic) bond motifs is 1. The first-order valence-corrected chi connectivity index (χ1v) is 4.83. The molecule has 0 aliphatic heterocycles. The number of hydrogen-bond acceptors (Lipinski definition) is 2. The predicted molar refractivity (Wildman–Crippen MR) is 56.1 cm³/mol. The molecule has 0 bridgehead atoms. The fourth-order valence-electron chi connectivity index (χ4n) is 1.54. The molecule has 3 heteroatoms. The average molecular weight is 189 g/mol. The number of nitrogens with zero attached hydrogens (tertiary/aromatic N) is 3. The van der Waals surface area contributed by atoms with Gasteiger partial charge in [0.2, 0.25) is 0 Å². The molecule has 14 heavy (non-hydrogen) atoms. The minimum atomic E-state index is 0.251. The molecule has 3 nitrogen and oxygen atoms in total. The van der Waals surface area contributed by atoms with Crippen LogP contribution in [0, 0.1) is 5.41 Å². The maximum atomic E-state index is 4.38. The molecule has 2 aromatic heterocycles. The zero-order chi connectivity index (χ0) is 10.2. The van der Waals surface area contributed by atoms with E-state index in [0.29, 0.717) is 0 Å². The SMILES string of the molecule is CC(C)(C)Cc1nccn2ccnc12. The fraction of sp³-hybridized carbons (Fsp3) is 0.455. The maximum Gasteiger partial charge on any atom is 0.158 e. The second-order valence-electron chi connectivity index (χ2n) is 4.77. The van der Waals surface area contributed by atoms with Crippen LogP contribution in [-0.4, -0.2) is 14.4 Å². The molecular formula is C11H15N3. The molecule has 0 N–H and O–H groups in total. The van der Waals surface area contributed by atoms with E-state index in [-0.39, 0.29) is 5.41 Å². The van der Waals surface area contributed by atoms with E-state index in [2.05, 4.69) is 30.7 Å². The molecular weight excluding hydrogens is 174 g/mol. The van der Waals surface area contributed by atoms with E-state index in [4.69, 9.17) is 0 Å². The van der Waals surface area contributed by atoms with Crippen LogP contribution < -0.4 is 0 Å². The molecule has 0 fully saturated rings. The Kier molecular flexibility index (Phi) is 2.02. The van der Waals surface area contributed by atoms with Crippen LogP contribution in [0.5, 0.6) is 0 Å². The second kappa shape index (κ2) is 3.08. The van der Waals surface area contributed by atoms with Crippen molar-refractivity contribution in [3.05, 3.63) is 30.5 Å². The van der Waals surface area contributed by atoms with Crippen molar-refractivity contribution in [2.45, 2.75) is 27.2 Å². The smallest absolute Gasteiger partial charge is 0.158 e. The Balaban J connectivity index is 2.46. The molecule has 2 rings (SSSR count). The van der Waals surface area contributed by atoms with Gasteiger partial charge in [-0.1, -0.05) is 20.8 Å². The van der Waals surface area contributed by atoms with Gasteiger partial charge in [0.05, 0.1) is 5.69 Å². The molecule has 2 heterocycles. The van der Waals surface area contributed by atoms with Gasteiger partial charge in [-0.2, -0.15) is 0 Å². The van der Waals surface area contributed by atoms with Crippen molar-refractivity contribution >= 4 is 5.65 Å². The standard InChI is InChI=1S/C11H15N3/c1-11(2,3)8-9-10-13-5-7-14(10)6-4-12-9/h4-7H,8H2,1-3H3. The monoisotopic (exact) mass is 189 g/mol. The second-order valence-corrected chi connectivity index (χ2v) is 4.77.